The number of rotatable bonds is 6. The summed E-state index contributed by atoms with van der Waals surface area (Å²) in [6.45, 7) is 3.41. The van der Waals surface area contributed by atoms with E-state index < -0.39 is 21.5 Å². The Morgan fingerprint density at radius 2 is 1.71 bits per heavy atom. The first kappa shape index (κ1) is 20.2. The van der Waals surface area contributed by atoms with E-state index in [2.05, 4.69) is 0 Å². The van der Waals surface area contributed by atoms with Crippen molar-refractivity contribution in [2.45, 2.75) is 30.7 Å². The van der Waals surface area contributed by atoms with Gasteiger partial charge in [-0.25, -0.2) is 8.42 Å². The van der Waals surface area contributed by atoms with Gasteiger partial charge >= 0.3 is 13.6 Å². The lowest BCUT2D eigenvalue weighted by atomic mass is 9.92. The minimum atomic E-state index is -3.97. The van der Waals surface area contributed by atoms with Gasteiger partial charge < -0.3 is 14.1 Å². The van der Waals surface area contributed by atoms with Gasteiger partial charge in [0.15, 0.2) is 11.5 Å². The third-order valence-corrected chi connectivity index (χ3v) is 6.63. The van der Waals surface area contributed by atoms with Crippen molar-refractivity contribution in [3.8, 4) is 11.5 Å². The third-order valence-electron chi connectivity index (χ3n) is 4.76. The van der Waals surface area contributed by atoms with Crippen molar-refractivity contribution in [1.82, 2.24) is 4.22 Å². The number of nitrogens with zero attached hydrogens (tertiary/aromatic N) is 1. The summed E-state index contributed by atoms with van der Waals surface area (Å²) in [6.07, 6.45) is 0.105. The van der Waals surface area contributed by atoms with Crippen LogP contribution in [-0.2, 0) is 25.9 Å². The molecule has 9 heteroatoms. The minimum absolute atomic E-state index is 0.0891. The Balaban J connectivity index is 1.98. The second kappa shape index (κ2) is 7.48. The van der Waals surface area contributed by atoms with Crippen LogP contribution in [0.5, 0.6) is 11.5 Å². The summed E-state index contributed by atoms with van der Waals surface area (Å²) in [4.78, 5) is 12.6. The van der Waals surface area contributed by atoms with Gasteiger partial charge in [-0.2, -0.15) is 4.22 Å². The summed E-state index contributed by atoms with van der Waals surface area (Å²) in [7, 11) is 0.0368. The Labute approximate surface area is 165 Å². The molecule has 2 aromatic rings. The Bertz CT molecular complexity index is 992. The van der Waals surface area contributed by atoms with Gasteiger partial charge in [-0.1, -0.05) is 23.8 Å². The number of hydrogen-bond donors (Lipinski definition) is 0. The zero-order valence-corrected chi connectivity index (χ0v) is 16.9. The van der Waals surface area contributed by atoms with Crippen LogP contribution in [0.3, 0.4) is 0 Å². The number of sulfonamides is 1. The molecule has 1 atom stereocenters. The summed E-state index contributed by atoms with van der Waals surface area (Å²) in [6, 6.07) is 11.6. The van der Waals surface area contributed by atoms with Gasteiger partial charge in [0.25, 0.3) is 0 Å². The van der Waals surface area contributed by atoms with E-state index in [0.29, 0.717) is 17.1 Å². The number of carbonyl (C=O) groups excluding carboxylic acids is 1. The number of aryl methyl sites for hydroxylation is 1. The second-order valence-corrected chi connectivity index (χ2v) is 8.58. The molecule has 3 rings (SSSR count). The van der Waals surface area contributed by atoms with E-state index in [0.717, 1.165) is 17.4 Å². The van der Waals surface area contributed by atoms with Crippen LogP contribution in [-0.4, -0.2) is 46.0 Å². The first-order valence-electron chi connectivity index (χ1n) is 8.59. The number of carbonyl (C=O) groups is 1. The molecule has 1 fully saturated rings. The first-order valence-corrected chi connectivity index (χ1v) is 10.0. The highest BCUT2D eigenvalue weighted by molar-refractivity contribution is 7.90. The summed E-state index contributed by atoms with van der Waals surface area (Å²) in [5, 5.41) is 0. The molecule has 1 saturated heterocycles. The Kier molecular flexibility index (Phi) is 5.40. The maximum Gasteiger partial charge on any atom is 0.498 e. The standard InChI is InChI=1S/C19H21BNO6S/c1-13-5-8-15(9-6-13)28(23,24)21-19(2,18(22)27-20-21)12-14-7-10-16(25-3)17(11-14)26-4/h5-11H,12H2,1-4H3/t19-/m1/s1. The van der Waals surface area contributed by atoms with E-state index in [1.165, 1.54) is 26.4 Å². The summed E-state index contributed by atoms with van der Waals surface area (Å²) in [5.74, 6) is 0.394. The molecule has 1 heterocycles. The number of hydrogen-bond acceptors (Lipinski definition) is 6. The molecule has 0 spiro atoms. The zero-order chi connectivity index (χ0) is 20.5. The van der Waals surface area contributed by atoms with Crippen molar-refractivity contribution in [2.75, 3.05) is 14.2 Å². The van der Waals surface area contributed by atoms with Gasteiger partial charge in [0, 0.05) is 6.42 Å². The van der Waals surface area contributed by atoms with Crippen molar-refractivity contribution in [2.24, 2.45) is 0 Å². The molecule has 0 aromatic heterocycles. The lowest BCUT2D eigenvalue weighted by Gasteiger charge is -2.30. The molecule has 0 bridgehead atoms. The number of methoxy groups -OCH3 is 2. The molecular formula is C19H21BNO6S. The van der Waals surface area contributed by atoms with E-state index in [1.54, 1.807) is 37.3 Å². The van der Waals surface area contributed by atoms with Gasteiger partial charge in [0.2, 0.25) is 10.0 Å². The fourth-order valence-corrected chi connectivity index (χ4v) is 4.65. The van der Waals surface area contributed by atoms with Crippen molar-refractivity contribution >= 4 is 23.6 Å². The van der Waals surface area contributed by atoms with Crippen LogP contribution in [0, 0.1) is 6.92 Å². The maximum absolute atomic E-state index is 13.1. The summed E-state index contributed by atoms with van der Waals surface area (Å²) in [5.41, 5.74) is 0.213. The molecule has 2 aromatic carbocycles. The fourth-order valence-electron chi connectivity index (χ4n) is 3.11. The molecule has 28 heavy (non-hydrogen) atoms. The molecule has 147 valence electrons. The van der Waals surface area contributed by atoms with E-state index in [4.69, 9.17) is 14.1 Å². The van der Waals surface area contributed by atoms with Crippen molar-refractivity contribution in [3.05, 3.63) is 53.6 Å². The number of benzene rings is 2. The fraction of sp³-hybridized carbons (Fsp3) is 0.316. The van der Waals surface area contributed by atoms with E-state index in [-0.39, 0.29) is 11.3 Å². The summed E-state index contributed by atoms with van der Waals surface area (Å²) < 4.78 is 42.8. The Morgan fingerprint density at radius 3 is 2.32 bits per heavy atom. The summed E-state index contributed by atoms with van der Waals surface area (Å²) >= 11 is 0. The maximum atomic E-state index is 13.1. The number of ether oxygens (including phenoxy) is 2. The SMILES string of the molecule is COc1ccc(C[C@]2(C)C(=O)O[B]N2S(=O)(=O)c2ccc(C)cc2)cc1OC. The molecular weight excluding hydrogens is 381 g/mol. The first-order chi connectivity index (χ1) is 13.2. The van der Waals surface area contributed by atoms with Gasteiger partial charge in [0.1, 0.15) is 5.54 Å². The lowest BCUT2D eigenvalue weighted by molar-refractivity contribution is -0.138. The van der Waals surface area contributed by atoms with Gasteiger partial charge in [-0.05, 0) is 43.7 Å². The predicted octanol–water partition coefficient (Wildman–Crippen LogP) is 2.10. The molecule has 0 amide bonds. The van der Waals surface area contributed by atoms with Gasteiger partial charge in [-0.3, -0.25) is 4.79 Å². The average Bonchev–Trinajstić information content (AvgIpc) is 2.97. The molecule has 1 aliphatic heterocycles. The van der Waals surface area contributed by atoms with Crippen molar-refractivity contribution in [1.29, 1.82) is 0 Å². The monoisotopic (exact) mass is 402 g/mol. The van der Waals surface area contributed by atoms with Crippen LogP contribution in [0.25, 0.3) is 0 Å². The second-order valence-electron chi connectivity index (χ2n) is 6.76. The van der Waals surface area contributed by atoms with Crippen LogP contribution in [0.2, 0.25) is 0 Å². The highest BCUT2D eigenvalue weighted by Crippen LogP contribution is 2.35. The Morgan fingerprint density at radius 1 is 1.07 bits per heavy atom. The van der Waals surface area contributed by atoms with E-state index in [1.807, 2.05) is 6.92 Å². The third kappa shape index (κ3) is 3.47. The molecule has 7 nitrogen and oxygen atoms in total. The minimum Gasteiger partial charge on any atom is -0.519 e. The molecule has 0 saturated carbocycles. The zero-order valence-electron chi connectivity index (χ0n) is 16.1. The topological polar surface area (TPSA) is 82.1 Å². The quantitative estimate of drug-likeness (QED) is 0.689. The average molecular weight is 402 g/mol. The largest absolute Gasteiger partial charge is 0.519 e. The molecule has 0 unspecified atom stereocenters. The van der Waals surface area contributed by atoms with Gasteiger partial charge in [-0.15, -0.1) is 0 Å². The molecule has 1 aliphatic rings. The van der Waals surface area contributed by atoms with E-state index in [9.17, 15) is 13.2 Å². The van der Waals surface area contributed by atoms with Crippen molar-refractivity contribution < 1.29 is 27.3 Å². The molecule has 1 radical (unpaired) electrons. The van der Waals surface area contributed by atoms with Gasteiger partial charge in [0.05, 0.1) is 19.1 Å². The highest BCUT2D eigenvalue weighted by Gasteiger charge is 2.54. The Hall–Kier alpha value is -2.52. The van der Waals surface area contributed by atoms with E-state index >= 15 is 0 Å². The predicted molar refractivity (Wildman–Crippen MR) is 104 cm³/mol. The molecule has 0 aliphatic carbocycles. The van der Waals surface area contributed by atoms with Crippen LogP contribution in [0.15, 0.2) is 47.4 Å². The van der Waals surface area contributed by atoms with Crippen LogP contribution in [0.4, 0.5) is 0 Å². The lowest BCUT2D eigenvalue weighted by Crippen LogP contribution is -2.51. The normalized spacial score (nSPS) is 19.8. The smallest absolute Gasteiger partial charge is 0.498 e. The molecule has 0 N–H and O–H groups in total. The van der Waals surface area contributed by atoms with Crippen LogP contribution >= 0.6 is 0 Å². The highest BCUT2D eigenvalue weighted by atomic mass is 32.2. The van der Waals surface area contributed by atoms with Crippen LogP contribution in [0.1, 0.15) is 18.1 Å². The van der Waals surface area contributed by atoms with Crippen molar-refractivity contribution in [3.63, 3.8) is 0 Å². The van der Waals surface area contributed by atoms with Crippen LogP contribution < -0.4 is 9.47 Å².